The number of rotatable bonds is 1. The maximum absolute atomic E-state index is 5.42. The summed E-state index contributed by atoms with van der Waals surface area (Å²) in [6.07, 6.45) is 0. The summed E-state index contributed by atoms with van der Waals surface area (Å²) in [6.45, 7) is 6.43. The van der Waals surface area contributed by atoms with Crippen molar-refractivity contribution in [2.75, 3.05) is 13.3 Å². The van der Waals surface area contributed by atoms with E-state index in [0.717, 1.165) is 0 Å². The van der Waals surface area contributed by atoms with Gasteiger partial charge in [-0.15, -0.1) is 0 Å². The summed E-state index contributed by atoms with van der Waals surface area (Å²) in [6, 6.07) is 7.30. The van der Waals surface area contributed by atoms with Crippen LogP contribution in [0.3, 0.4) is 0 Å². The summed E-state index contributed by atoms with van der Waals surface area (Å²) in [4.78, 5) is 0. The summed E-state index contributed by atoms with van der Waals surface area (Å²) in [5.41, 5.74) is 1.31. The van der Waals surface area contributed by atoms with Gasteiger partial charge >= 0.3 is 0 Å². The molecule has 0 aliphatic rings. The third-order valence-corrected chi connectivity index (χ3v) is 3.78. The third kappa shape index (κ3) is 2.43. The van der Waals surface area contributed by atoms with Crippen molar-refractivity contribution in [3.63, 3.8) is 0 Å². The maximum atomic E-state index is 5.42. The predicted octanol–water partition coefficient (Wildman–Crippen LogP) is 2.36. The van der Waals surface area contributed by atoms with Gasteiger partial charge in [0.1, 0.15) is 0 Å². The normalized spacial score (nSPS) is 11.5. The van der Waals surface area contributed by atoms with E-state index in [-0.39, 0.29) is 0 Å². The van der Waals surface area contributed by atoms with Crippen LogP contribution in [0.5, 0.6) is 0 Å². The summed E-state index contributed by atoms with van der Waals surface area (Å²) >= 11 is 5.42. The van der Waals surface area contributed by atoms with Crippen LogP contribution in [0.2, 0.25) is 0 Å². The Balaban J connectivity index is 3.17. The smallest absolute Gasteiger partial charge is 0.0145 e. The molecule has 0 saturated heterocycles. The van der Waals surface area contributed by atoms with Crippen LogP contribution in [-0.2, 0) is 11.8 Å². The van der Waals surface area contributed by atoms with E-state index in [2.05, 4.69) is 44.5 Å². The number of aryl methyl sites for hydroxylation is 1. The molecule has 0 saturated carbocycles. The lowest BCUT2D eigenvalue weighted by atomic mass is 10.2. The summed E-state index contributed by atoms with van der Waals surface area (Å²) in [5, 5.41) is 1.34. The predicted molar refractivity (Wildman–Crippen MR) is 56.9 cm³/mol. The minimum absolute atomic E-state index is 1.21. The average molecular weight is 184 g/mol. The third-order valence-electron chi connectivity index (χ3n) is 1.62. The highest BCUT2D eigenvalue weighted by atomic mass is 32.4. The molecule has 11 heavy (non-hydrogen) atoms. The van der Waals surface area contributed by atoms with E-state index in [4.69, 9.17) is 11.8 Å². The zero-order valence-corrected chi connectivity index (χ0v) is 8.88. The van der Waals surface area contributed by atoms with E-state index in [0.29, 0.717) is 0 Å². The Morgan fingerprint density at radius 2 is 1.91 bits per heavy atom. The fourth-order valence-electron chi connectivity index (χ4n) is 0.963. The molecule has 0 radical (unpaired) electrons. The van der Waals surface area contributed by atoms with Gasteiger partial charge in [-0.3, -0.25) is 0 Å². The topological polar surface area (TPSA) is 0 Å². The zero-order chi connectivity index (χ0) is 8.48. The van der Waals surface area contributed by atoms with Crippen LogP contribution in [-0.4, -0.2) is 13.3 Å². The largest absolute Gasteiger partial charge is 0.0931 e. The molecular formula is C9H13PS. The quantitative estimate of drug-likeness (QED) is 0.604. The van der Waals surface area contributed by atoms with Crippen LogP contribution in [0, 0.1) is 6.92 Å². The molecule has 0 atom stereocenters. The molecule has 0 aromatic heterocycles. The molecular weight excluding hydrogens is 171 g/mol. The van der Waals surface area contributed by atoms with Crippen molar-refractivity contribution in [3.05, 3.63) is 29.8 Å². The van der Waals surface area contributed by atoms with Crippen LogP contribution in [0.15, 0.2) is 24.3 Å². The van der Waals surface area contributed by atoms with Crippen molar-refractivity contribution >= 4 is 23.1 Å². The van der Waals surface area contributed by atoms with E-state index < -0.39 is 6.04 Å². The van der Waals surface area contributed by atoms with Crippen molar-refractivity contribution in [3.8, 4) is 0 Å². The Morgan fingerprint density at radius 3 is 2.27 bits per heavy atom. The lowest BCUT2D eigenvalue weighted by Crippen LogP contribution is -2.01. The Bertz CT molecular complexity index is 298. The molecule has 0 fully saturated rings. The van der Waals surface area contributed by atoms with E-state index in [1.807, 2.05) is 0 Å². The molecule has 1 aromatic rings. The molecule has 0 bridgehead atoms. The van der Waals surface area contributed by atoms with Crippen molar-refractivity contribution in [2.24, 2.45) is 0 Å². The Morgan fingerprint density at radius 1 is 1.27 bits per heavy atom. The summed E-state index contributed by atoms with van der Waals surface area (Å²) in [7, 11) is 0. The van der Waals surface area contributed by atoms with Crippen LogP contribution in [0.4, 0.5) is 0 Å². The number of hydrogen-bond donors (Lipinski definition) is 0. The Hall–Kier alpha value is -0.130. The van der Waals surface area contributed by atoms with Crippen molar-refractivity contribution in [1.82, 2.24) is 0 Å². The monoisotopic (exact) mass is 184 g/mol. The molecule has 0 nitrogen and oxygen atoms in total. The van der Waals surface area contributed by atoms with Crippen LogP contribution in [0.25, 0.3) is 0 Å². The Kier molecular flexibility index (Phi) is 2.51. The minimum Gasteiger partial charge on any atom is -0.0931 e. The van der Waals surface area contributed by atoms with Gasteiger partial charge in [0.05, 0.1) is 0 Å². The van der Waals surface area contributed by atoms with Crippen LogP contribution < -0.4 is 5.30 Å². The van der Waals surface area contributed by atoms with E-state index in [1.165, 1.54) is 10.9 Å². The second-order valence-corrected chi connectivity index (χ2v) is 9.15. The van der Waals surface area contributed by atoms with E-state index >= 15 is 0 Å². The van der Waals surface area contributed by atoms with Gasteiger partial charge in [0.2, 0.25) is 0 Å². The standard InChI is InChI=1S/C9H13PS/c1-8-5-4-6-9(7-8)10(2,3)11/h4-7H,1-3H3. The first-order chi connectivity index (χ1) is 5.00. The van der Waals surface area contributed by atoms with Gasteiger partial charge in [-0.2, -0.15) is 0 Å². The molecule has 1 rings (SSSR count). The van der Waals surface area contributed by atoms with Gasteiger partial charge in [-0.05, 0) is 31.6 Å². The lowest BCUT2D eigenvalue weighted by Gasteiger charge is -2.10. The molecule has 0 heterocycles. The first-order valence-electron chi connectivity index (χ1n) is 3.62. The second-order valence-electron chi connectivity index (χ2n) is 3.19. The fraction of sp³-hybridized carbons (Fsp3) is 0.333. The van der Waals surface area contributed by atoms with Crippen molar-refractivity contribution in [2.45, 2.75) is 6.92 Å². The average Bonchev–Trinajstić information content (AvgIpc) is 1.86. The van der Waals surface area contributed by atoms with Gasteiger partial charge in [0.15, 0.2) is 0 Å². The molecule has 1 aromatic carbocycles. The molecule has 60 valence electrons. The van der Waals surface area contributed by atoms with Gasteiger partial charge in [-0.1, -0.05) is 41.6 Å². The maximum Gasteiger partial charge on any atom is -0.0145 e. The van der Waals surface area contributed by atoms with Gasteiger partial charge in [-0.25, -0.2) is 0 Å². The number of benzene rings is 1. The molecule has 0 amide bonds. The molecule has 0 aliphatic carbocycles. The first kappa shape index (κ1) is 8.96. The minimum atomic E-state index is -1.21. The van der Waals surface area contributed by atoms with Crippen LogP contribution in [0.1, 0.15) is 5.56 Å². The summed E-state index contributed by atoms with van der Waals surface area (Å²) in [5.74, 6) is 0. The number of hydrogen-bond acceptors (Lipinski definition) is 1. The van der Waals surface area contributed by atoms with Crippen LogP contribution >= 0.6 is 6.04 Å². The fourth-order valence-corrected chi connectivity index (χ4v) is 2.26. The first-order valence-corrected chi connectivity index (χ1v) is 7.32. The van der Waals surface area contributed by atoms with Crippen molar-refractivity contribution < 1.29 is 0 Å². The zero-order valence-electron chi connectivity index (χ0n) is 7.16. The molecule has 0 aliphatic heterocycles. The SMILES string of the molecule is Cc1cccc(P(C)(C)=S)c1. The molecule has 0 spiro atoms. The summed E-state index contributed by atoms with van der Waals surface area (Å²) < 4.78 is 0. The molecule has 0 unspecified atom stereocenters. The van der Waals surface area contributed by atoms with Crippen molar-refractivity contribution in [1.29, 1.82) is 0 Å². The lowest BCUT2D eigenvalue weighted by molar-refractivity contribution is 1.49. The van der Waals surface area contributed by atoms with E-state index in [1.54, 1.807) is 0 Å². The van der Waals surface area contributed by atoms with E-state index in [9.17, 15) is 0 Å². The highest BCUT2D eigenvalue weighted by Crippen LogP contribution is 2.34. The molecule has 0 N–H and O–H groups in total. The highest BCUT2D eigenvalue weighted by molar-refractivity contribution is 8.17. The second kappa shape index (κ2) is 3.08. The van der Waals surface area contributed by atoms with Gasteiger partial charge in [0.25, 0.3) is 0 Å². The van der Waals surface area contributed by atoms with Gasteiger partial charge in [0, 0.05) is 0 Å². The molecule has 2 heteroatoms. The van der Waals surface area contributed by atoms with Gasteiger partial charge < -0.3 is 0 Å². The highest BCUT2D eigenvalue weighted by Gasteiger charge is 2.04. The Labute approximate surface area is 73.6 Å².